The lowest BCUT2D eigenvalue weighted by Crippen LogP contribution is -2.54. The van der Waals surface area contributed by atoms with Gasteiger partial charge < -0.3 is 98.5 Å². The molecule has 32 nitrogen and oxygen atoms in total. The van der Waals surface area contributed by atoms with Gasteiger partial charge in [-0.1, -0.05) is 70.4 Å². The highest BCUT2D eigenvalue weighted by atomic mass is 19.1. The van der Waals surface area contributed by atoms with E-state index in [9.17, 15) is 49.4 Å². The van der Waals surface area contributed by atoms with Crippen molar-refractivity contribution < 1.29 is 73.1 Å². The van der Waals surface area contributed by atoms with E-state index in [1.165, 1.54) is 54.0 Å². The molecule has 8 heterocycles. The van der Waals surface area contributed by atoms with Gasteiger partial charge in [0, 0.05) is 19.9 Å². The summed E-state index contributed by atoms with van der Waals surface area (Å²) in [5.41, 5.74) is 33.4. The van der Waals surface area contributed by atoms with Crippen molar-refractivity contribution in [2.45, 2.75) is 157 Å². The van der Waals surface area contributed by atoms with Crippen molar-refractivity contribution in [3.63, 3.8) is 0 Å². The number of hydrogen-bond donors (Lipinski definition) is 14. The molecule has 3 saturated heterocycles. The standard InChI is InChI=1S/C22H29N7O4.C19H30N6O6.C17H24FN5O4/c1-2-6-14(23)21(32)28(9-13-7-4-3-5-8-13)17-18(31)15(10-30)33-22(17)29-12-27-16-19(24)25-11-26-20(16)29;1-3-4-12(23-9-30-10-29-2)18(28)24-15-16(27)13(7-26)31-19(15)25-8-22-14-11(20)5-6-21-17(14)25;1-2-3-10(20)16(26)22-13-15(25)11(6-24)27-17(13)23-7-21-12-9(19)5-4-8(18)14(12)23/h3-5,7-8,11-12,14-15,17-18,22,30-31H,2,6,9-10,23H2,1H3,(H2,24,25,26);5-6,8,12-13,15-16,19,23,26-27H,3-4,7,9-10H2,1-2H3,(H2,20,21)(H,24,28);4-5,7,10-11,13,15,17,24-25H,2-3,6,19-20H2,1H3,(H,22,26)/t14?,15-,17?,18+,22-;12?,13-,15?,16+,19-;10?,11-,13?,15+,17-/m111/s1. The second-order valence-electron chi connectivity index (χ2n) is 22.1. The zero-order valence-corrected chi connectivity index (χ0v) is 50.8. The number of nitrogen functional groups attached to an aromatic ring is 3. The number of carbonyl (C=O) groups is 3. The fourth-order valence-corrected chi connectivity index (χ4v) is 11.2. The number of aliphatic hydroxyl groups is 6. The molecule has 496 valence electrons. The summed E-state index contributed by atoms with van der Waals surface area (Å²) in [7, 11) is 1.51. The van der Waals surface area contributed by atoms with Crippen LogP contribution in [0.3, 0.4) is 0 Å². The highest BCUT2D eigenvalue weighted by Crippen LogP contribution is 2.38. The second-order valence-corrected chi connectivity index (χ2v) is 22.1. The highest BCUT2D eigenvalue weighted by molar-refractivity contribution is 5.88. The average molecular weight is 1280 g/mol. The van der Waals surface area contributed by atoms with Gasteiger partial charge in [-0.2, -0.15) is 0 Å². The number of nitrogens with one attached hydrogen (secondary N) is 3. The maximum atomic E-state index is 14.4. The van der Waals surface area contributed by atoms with Crippen molar-refractivity contribution in [1.29, 1.82) is 0 Å². The minimum Gasteiger partial charge on any atom is -0.397 e. The molecule has 33 heteroatoms. The number of amides is 3. The minimum atomic E-state index is -1.21. The number of pyridine rings is 1. The first-order chi connectivity index (χ1) is 43.9. The monoisotopic (exact) mass is 1270 g/mol. The van der Waals surface area contributed by atoms with Gasteiger partial charge in [-0.25, -0.2) is 34.3 Å². The third kappa shape index (κ3) is 15.4. The van der Waals surface area contributed by atoms with E-state index in [1.807, 2.05) is 51.1 Å². The summed E-state index contributed by atoms with van der Waals surface area (Å²) in [6.07, 6.45) is 1.95. The van der Waals surface area contributed by atoms with Gasteiger partial charge in [-0.15, -0.1) is 0 Å². The molecule has 7 aromatic rings. The fraction of sp³-hybridized carbons (Fsp3) is 0.534. The van der Waals surface area contributed by atoms with Gasteiger partial charge >= 0.3 is 0 Å². The third-order valence-electron chi connectivity index (χ3n) is 15.9. The number of anilines is 3. The van der Waals surface area contributed by atoms with Crippen LogP contribution in [0.2, 0.25) is 0 Å². The average Bonchev–Trinajstić information content (AvgIpc) is 1.64. The van der Waals surface area contributed by atoms with E-state index in [2.05, 4.69) is 45.9 Å². The molecule has 5 aromatic heterocycles. The van der Waals surface area contributed by atoms with Crippen molar-refractivity contribution in [3.05, 3.63) is 91.4 Å². The van der Waals surface area contributed by atoms with Gasteiger partial charge in [0.1, 0.15) is 95.8 Å². The summed E-state index contributed by atoms with van der Waals surface area (Å²) in [6.45, 7) is 4.96. The number of rotatable bonds is 25. The lowest BCUT2D eigenvalue weighted by atomic mass is 10.0. The van der Waals surface area contributed by atoms with Gasteiger partial charge in [0.15, 0.2) is 35.8 Å². The van der Waals surface area contributed by atoms with E-state index in [4.69, 9.17) is 52.4 Å². The Kier molecular flexibility index (Phi) is 24.3. The smallest absolute Gasteiger partial charge is 0.240 e. The molecule has 19 N–H and O–H groups in total. The second kappa shape index (κ2) is 32.0. The Labute approximate surface area is 522 Å². The summed E-state index contributed by atoms with van der Waals surface area (Å²) in [5, 5.41) is 69.8. The van der Waals surface area contributed by atoms with E-state index >= 15 is 0 Å². The molecular formula is C58H83FN18O14. The molecule has 3 aliphatic heterocycles. The lowest BCUT2D eigenvalue weighted by Gasteiger charge is -2.35. The molecular weight excluding hydrogens is 1190 g/mol. The Morgan fingerprint density at radius 3 is 1.85 bits per heavy atom. The molecule has 3 amide bonds. The molecule has 0 bridgehead atoms. The fourth-order valence-electron chi connectivity index (χ4n) is 11.2. The Morgan fingerprint density at radius 2 is 1.21 bits per heavy atom. The molecule has 6 unspecified atom stereocenters. The van der Waals surface area contributed by atoms with E-state index in [1.54, 1.807) is 21.4 Å². The molecule has 0 saturated carbocycles. The zero-order chi connectivity index (χ0) is 65.6. The molecule has 0 spiro atoms. The van der Waals surface area contributed by atoms with E-state index < -0.39 is 123 Å². The highest BCUT2D eigenvalue weighted by Gasteiger charge is 2.51. The molecule has 10 rings (SSSR count). The summed E-state index contributed by atoms with van der Waals surface area (Å²) >= 11 is 0. The minimum absolute atomic E-state index is 0.0860. The number of carbonyl (C=O) groups excluding carboxylic acids is 3. The number of ether oxygens (including phenoxy) is 5. The number of aliphatic hydroxyl groups excluding tert-OH is 6. The predicted octanol–water partition coefficient (Wildman–Crippen LogP) is -1.11. The van der Waals surface area contributed by atoms with Gasteiger partial charge in [-0.3, -0.25) is 33.4 Å². The number of nitrogens with zero attached hydrogens (tertiary/aromatic N) is 10. The SMILES string of the molecule is CCCC(N)C(=O)N(Cc1ccccc1)C1[C@@H](O)[C@@H](CO)O[C@H]1n1cnc2c(N)ncnc21.CCCC(N)C(=O)NC1[C@@H](O)[C@@H](CO)O[C@H]1n1cnc2c(N)ccc(F)c21.CCCC(NCOCOC)C(=O)NC1[C@@H](O)[C@@H](CO)O[C@H]1n1cnc2c(N)ccnc21. The predicted molar refractivity (Wildman–Crippen MR) is 327 cm³/mol. The molecule has 15 atom stereocenters. The van der Waals surface area contributed by atoms with Crippen molar-refractivity contribution in [3.8, 4) is 0 Å². The first-order valence-electron chi connectivity index (χ1n) is 29.9. The Bertz CT molecular complexity index is 3500. The van der Waals surface area contributed by atoms with Crippen LogP contribution in [-0.2, 0) is 44.6 Å². The summed E-state index contributed by atoms with van der Waals surface area (Å²) in [4.78, 5) is 65.6. The quantitative estimate of drug-likeness (QED) is 0.0183. The summed E-state index contributed by atoms with van der Waals surface area (Å²) < 4.78 is 46.6. The Balaban J connectivity index is 0.000000177. The number of hydrogen-bond acceptors (Lipinski definition) is 26. The van der Waals surface area contributed by atoms with Gasteiger partial charge in [-0.05, 0) is 43.0 Å². The Morgan fingerprint density at radius 1 is 0.659 bits per heavy atom. The van der Waals surface area contributed by atoms with Crippen LogP contribution in [-0.4, -0.2) is 210 Å². The Hall–Kier alpha value is -7.74. The van der Waals surface area contributed by atoms with Gasteiger partial charge in [0.2, 0.25) is 17.7 Å². The van der Waals surface area contributed by atoms with Crippen LogP contribution in [0.4, 0.5) is 21.6 Å². The lowest BCUT2D eigenvalue weighted by molar-refractivity contribution is -0.140. The van der Waals surface area contributed by atoms with Crippen LogP contribution in [0.1, 0.15) is 83.5 Å². The van der Waals surface area contributed by atoms with Crippen molar-refractivity contribution in [2.24, 2.45) is 11.5 Å². The van der Waals surface area contributed by atoms with Crippen LogP contribution >= 0.6 is 0 Å². The molecule has 3 aliphatic rings. The first-order valence-corrected chi connectivity index (χ1v) is 29.9. The number of fused-ring (bicyclic) bond motifs is 3. The van der Waals surface area contributed by atoms with E-state index in [0.29, 0.717) is 47.3 Å². The number of imidazole rings is 3. The number of methoxy groups -OCH3 is 1. The van der Waals surface area contributed by atoms with Gasteiger partial charge in [0.25, 0.3) is 0 Å². The topological polar surface area (TPSA) is 480 Å². The van der Waals surface area contributed by atoms with Crippen LogP contribution in [0.15, 0.2) is 80.0 Å². The van der Waals surface area contributed by atoms with Crippen LogP contribution in [0, 0.1) is 5.82 Å². The van der Waals surface area contributed by atoms with Crippen LogP contribution < -0.4 is 44.6 Å². The molecule has 91 heavy (non-hydrogen) atoms. The van der Waals surface area contributed by atoms with Crippen molar-refractivity contribution >= 4 is 68.3 Å². The van der Waals surface area contributed by atoms with E-state index in [-0.39, 0.29) is 54.4 Å². The van der Waals surface area contributed by atoms with Crippen molar-refractivity contribution in [2.75, 3.05) is 57.7 Å². The molecule has 0 aliphatic carbocycles. The zero-order valence-electron chi connectivity index (χ0n) is 50.8. The third-order valence-corrected chi connectivity index (χ3v) is 15.9. The van der Waals surface area contributed by atoms with Crippen LogP contribution in [0.5, 0.6) is 0 Å². The number of benzene rings is 2. The first kappa shape index (κ1) is 69.2. The number of aromatic nitrogens is 9. The maximum absolute atomic E-state index is 14.4. The molecule has 3 fully saturated rings. The molecule has 2 aromatic carbocycles. The number of halogens is 1. The largest absolute Gasteiger partial charge is 0.397 e. The molecule has 0 radical (unpaired) electrons. The normalized spacial score (nSPS) is 24.8. The van der Waals surface area contributed by atoms with Crippen LogP contribution in [0.25, 0.3) is 33.4 Å². The summed E-state index contributed by atoms with van der Waals surface area (Å²) in [5.74, 6) is -1.46. The van der Waals surface area contributed by atoms with E-state index in [0.717, 1.165) is 24.8 Å². The van der Waals surface area contributed by atoms with Gasteiger partial charge in [0.05, 0.1) is 75.0 Å². The number of nitrogens with two attached hydrogens (primary N) is 5. The van der Waals surface area contributed by atoms with Crippen molar-refractivity contribution in [1.82, 2.24) is 64.5 Å². The summed E-state index contributed by atoms with van der Waals surface area (Å²) in [6, 6.07) is 8.99. The maximum Gasteiger partial charge on any atom is 0.240 e.